The number of nitrogens with one attached hydrogen (secondary N) is 2. The van der Waals surface area contributed by atoms with Gasteiger partial charge in [0.25, 0.3) is 0 Å². The Labute approximate surface area is 139 Å². The first-order valence-corrected chi connectivity index (χ1v) is 7.34. The van der Waals surface area contributed by atoms with Gasteiger partial charge in [0.1, 0.15) is 17.4 Å². The molecule has 2 N–H and O–H groups in total. The van der Waals surface area contributed by atoms with E-state index in [-0.39, 0.29) is 11.4 Å². The third-order valence-electron chi connectivity index (χ3n) is 2.83. The van der Waals surface area contributed by atoms with Gasteiger partial charge in [0.2, 0.25) is 5.91 Å². The lowest BCUT2D eigenvalue weighted by atomic mass is 10.1. The molecule has 0 radical (unpaired) electrons. The molecule has 1 aromatic rings. The SMILES string of the molecule is Cc1cccc(OC(F)F)c1NC(=O)[C@H](C)NC(=O)OC(C)(C)C. The Morgan fingerprint density at radius 3 is 2.38 bits per heavy atom. The molecule has 1 aromatic carbocycles. The van der Waals surface area contributed by atoms with Crippen molar-refractivity contribution >= 4 is 17.7 Å². The van der Waals surface area contributed by atoms with Crippen LogP contribution in [0, 0.1) is 6.92 Å². The maximum atomic E-state index is 12.4. The monoisotopic (exact) mass is 344 g/mol. The van der Waals surface area contributed by atoms with Crippen molar-refractivity contribution in [2.24, 2.45) is 0 Å². The van der Waals surface area contributed by atoms with Crippen LogP contribution in [0.3, 0.4) is 0 Å². The molecule has 0 unspecified atom stereocenters. The fraction of sp³-hybridized carbons (Fsp3) is 0.500. The fourth-order valence-electron chi connectivity index (χ4n) is 1.78. The summed E-state index contributed by atoms with van der Waals surface area (Å²) in [5.41, 5.74) is -0.0270. The van der Waals surface area contributed by atoms with Crippen LogP contribution in [-0.2, 0) is 9.53 Å². The summed E-state index contributed by atoms with van der Waals surface area (Å²) in [6.07, 6.45) is -0.751. The number of alkyl halides is 2. The van der Waals surface area contributed by atoms with Crippen LogP contribution in [0.4, 0.5) is 19.3 Å². The minimum atomic E-state index is -3.01. The van der Waals surface area contributed by atoms with Gasteiger partial charge in [0.15, 0.2) is 0 Å². The third kappa shape index (κ3) is 6.39. The first-order valence-electron chi connectivity index (χ1n) is 7.34. The van der Waals surface area contributed by atoms with Crippen molar-refractivity contribution in [3.63, 3.8) is 0 Å². The molecule has 0 aliphatic carbocycles. The second kappa shape index (κ2) is 7.94. The number of hydrogen-bond acceptors (Lipinski definition) is 4. The zero-order valence-corrected chi connectivity index (χ0v) is 14.3. The van der Waals surface area contributed by atoms with E-state index in [0.29, 0.717) is 5.56 Å². The second-order valence-electron chi connectivity index (χ2n) is 6.18. The zero-order valence-electron chi connectivity index (χ0n) is 14.3. The molecule has 0 fully saturated rings. The molecule has 24 heavy (non-hydrogen) atoms. The minimum absolute atomic E-state index is 0.126. The Balaban J connectivity index is 2.79. The van der Waals surface area contributed by atoms with Crippen LogP contribution in [0.2, 0.25) is 0 Å². The highest BCUT2D eigenvalue weighted by Gasteiger charge is 2.22. The molecule has 6 nitrogen and oxygen atoms in total. The number of alkyl carbamates (subject to hydrolysis) is 1. The Hall–Kier alpha value is -2.38. The van der Waals surface area contributed by atoms with E-state index in [2.05, 4.69) is 15.4 Å². The normalized spacial score (nSPS) is 12.5. The molecule has 0 saturated carbocycles. The topological polar surface area (TPSA) is 76.7 Å². The van der Waals surface area contributed by atoms with Crippen molar-refractivity contribution in [3.8, 4) is 5.75 Å². The largest absolute Gasteiger partial charge is 0.444 e. The van der Waals surface area contributed by atoms with Gasteiger partial charge < -0.3 is 20.1 Å². The van der Waals surface area contributed by atoms with E-state index >= 15 is 0 Å². The third-order valence-corrected chi connectivity index (χ3v) is 2.83. The fourth-order valence-corrected chi connectivity index (χ4v) is 1.78. The van der Waals surface area contributed by atoms with Gasteiger partial charge in [0, 0.05) is 0 Å². The van der Waals surface area contributed by atoms with Gasteiger partial charge in [-0.1, -0.05) is 12.1 Å². The van der Waals surface area contributed by atoms with E-state index in [0.717, 1.165) is 0 Å². The minimum Gasteiger partial charge on any atom is -0.444 e. The summed E-state index contributed by atoms with van der Waals surface area (Å²) in [5, 5.41) is 4.86. The van der Waals surface area contributed by atoms with Crippen molar-refractivity contribution < 1.29 is 27.8 Å². The molecule has 2 amide bonds. The van der Waals surface area contributed by atoms with Gasteiger partial charge in [-0.25, -0.2) is 4.79 Å². The molecule has 8 heteroatoms. The number of carbonyl (C=O) groups excluding carboxylic acids is 2. The summed E-state index contributed by atoms with van der Waals surface area (Å²) in [5.74, 6) is -0.739. The van der Waals surface area contributed by atoms with E-state index in [1.165, 1.54) is 19.1 Å². The molecule has 0 saturated heterocycles. The first kappa shape index (κ1) is 19.7. The van der Waals surface area contributed by atoms with E-state index in [1.807, 2.05) is 0 Å². The van der Waals surface area contributed by atoms with Crippen LogP contribution in [0.1, 0.15) is 33.3 Å². The molecular weight excluding hydrogens is 322 g/mol. The van der Waals surface area contributed by atoms with Crippen LogP contribution in [0.15, 0.2) is 18.2 Å². The van der Waals surface area contributed by atoms with Gasteiger partial charge >= 0.3 is 12.7 Å². The van der Waals surface area contributed by atoms with Gasteiger partial charge in [-0.2, -0.15) is 8.78 Å². The highest BCUT2D eigenvalue weighted by molar-refractivity contribution is 5.98. The number of benzene rings is 1. The number of anilines is 1. The lowest BCUT2D eigenvalue weighted by Gasteiger charge is -2.22. The standard InChI is InChI=1S/C16H22F2N2O4/c1-9-7-6-8-11(23-14(17)18)12(9)20-13(21)10(2)19-15(22)24-16(3,4)5/h6-8,10,14H,1-5H3,(H,19,22)(H,20,21)/t10-/m0/s1. The molecule has 0 aliphatic heterocycles. The summed E-state index contributed by atoms with van der Waals surface area (Å²) in [6, 6.07) is 3.56. The van der Waals surface area contributed by atoms with Crippen molar-refractivity contribution in [1.29, 1.82) is 0 Å². The van der Waals surface area contributed by atoms with Gasteiger partial charge in [0.05, 0.1) is 5.69 Å². The number of ether oxygens (including phenoxy) is 2. The lowest BCUT2D eigenvalue weighted by molar-refractivity contribution is -0.117. The van der Waals surface area contributed by atoms with Crippen LogP contribution < -0.4 is 15.4 Å². The predicted molar refractivity (Wildman–Crippen MR) is 85.3 cm³/mol. The van der Waals surface area contributed by atoms with E-state index < -0.39 is 30.3 Å². The van der Waals surface area contributed by atoms with Crippen LogP contribution in [0.5, 0.6) is 5.75 Å². The molecule has 1 atom stereocenters. The quantitative estimate of drug-likeness (QED) is 0.858. The number of halogens is 2. The average molecular weight is 344 g/mol. The molecule has 0 spiro atoms. The number of rotatable bonds is 5. The summed E-state index contributed by atoms with van der Waals surface area (Å²) in [6.45, 7) is 5.15. The summed E-state index contributed by atoms with van der Waals surface area (Å²) >= 11 is 0. The molecule has 0 aliphatic rings. The molecule has 0 heterocycles. The maximum Gasteiger partial charge on any atom is 0.408 e. The molecule has 0 bridgehead atoms. The maximum absolute atomic E-state index is 12.4. The first-order chi connectivity index (χ1) is 11.0. The molecular formula is C16H22F2N2O4. The van der Waals surface area contributed by atoms with Crippen molar-refractivity contribution in [1.82, 2.24) is 5.32 Å². The van der Waals surface area contributed by atoms with Crippen molar-refractivity contribution in [2.75, 3.05) is 5.32 Å². The van der Waals surface area contributed by atoms with Gasteiger partial charge in [-0.15, -0.1) is 0 Å². The number of hydrogen-bond donors (Lipinski definition) is 2. The number of carbonyl (C=O) groups is 2. The second-order valence-corrected chi connectivity index (χ2v) is 6.18. The Morgan fingerprint density at radius 2 is 1.83 bits per heavy atom. The smallest absolute Gasteiger partial charge is 0.408 e. The van der Waals surface area contributed by atoms with Crippen LogP contribution in [-0.4, -0.2) is 30.3 Å². The van der Waals surface area contributed by atoms with Crippen LogP contribution in [0.25, 0.3) is 0 Å². The zero-order chi connectivity index (χ0) is 18.5. The number of amides is 2. The Kier molecular flexibility index (Phi) is 6.51. The highest BCUT2D eigenvalue weighted by atomic mass is 19.3. The highest BCUT2D eigenvalue weighted by Crippen LogP contribution is 2.29. The summed E-state index contributed by atoms with van der Waals surface area (Å²) < 4.78 is 34.3. The van der Waals surface area contributed by atoms with Gasteiger partial charge in [-0.3, -0.25) is 4.79 Å². The molecule has 0 aromatic heterocycles. The van der Waals surface area contributed by atoms with Crippen LogP contribution >= 0.6 is 0 Å². The predicted octanol–water partition coefficient (Wildman–Crippen LogP) is 3.45. The molecule has 134 valence electrons. The van der Waals surface area contributed by atoms with E-state index in [9.17, 15) is 18.4 Å². The van der Waals surface area contributed by atoms with Crippen molar-refractivity contribution in [2.45, 2.75) is 52.9 Å². The Bertz CT molecular complexity index is 600. The number of para-hydroxylation sites is 1. The van der Waals surface area contributed by atoms with E-state index in [1.54, 1.807) is 33.8 Å². The van der Waals surface area contributed by atoms with Gasteiger partial charge in [-0.05, 0) is 46.2 Å². The lowest BCUT2D eigenvalue weighted by Crippen LogP contribution is -2.44. The van der Waals surface area contributed by atoms with Crippen molar-refractivity contribution in [3.05, 3.63) is 23.8 Å². The summed E-state index contributed by atoms with van der Waals surface area (Å²) in [7, 11) is 0. The average Bonchev–Trinajstić information content (AvgIpc) is 2.39. The Morgan fingerprint density at radius 1 is 1.21 bits per heavy atom. The number of aryl methyl sites for hydroxylation is 1. The summed E-state index contributed by atoms with van der Waals surface area (Å²) in [4.78, 5) is 23.8. The molecule has 1 rings (SSSR count). The van der Waals surface area contributed by atoms with E-state index in [4.69, 9.17) is 4.74 Å².